The summed E-state index contributed by atoms with van der Waals surface area (Å²) >= 11 is 0. The van der Waals surface area contributed by atoms with Gasteiger partial charge in [-0.2, -0.15) is 9.82 Å². The molecular weight excluding hydrogens is 390 g/mol. The Morgan fingerprint density at radius 3 is 2.62 bits per heavy atom. The van der Waals surface area contributed by atoms with E-state index in [9.17, 15) is 13.2 Å². The number of nitrogens with zero attached hydrogens (tertiary/aromatic N) is 3. The van der Waals surface area contributed by atoms with Crippen molar-refractivity contribution in [1.82, 2.24) is 19.4 Å². The quantitative estimate of drug-likeness (QED) is 0.792. The van der Waals surface area contributed by atoms with Gasteiger partial charge in [0, 0.05) is 31.7 Å². The third-order valence-corrected chi connectivity index (χ3v) is 7.27. The molecule has 3 heterocycles. The van der Waals surface area contributed by atoms with Gasteiger partial charge in [0.1, 0.15) is 4.90 Å². The lowest BCUT2D eigenvalue weighted by molar-refractivity contribution is -0.133. The summed E-state index contributed by atoms with van der Waals surface area (Å²) in [4.78, 5) is 14.8. The summed E-state index contributed by atoms with van der Waals surface area (Å²) in [6.07, 6.45) is 1.60. The first-order valence-electron chi connectivity index (χ1n) is 10.0. The molecule has 1 saturated heterocycles. The maximum absolute atomic E-state index is 12.6. The average molecular weight is 418 g/mol. The van der Waals surface area contributed by atoms with Gasteiger partial charge in [0.2, 0.25) is 15.9 Å². The highest BCUT2D eigenvalue weighted by molar-refractivity contribution is 7.89. The average Bonchev–Trinajstić information content (AvgIpc) is 3.03. The zero-order valence-corrected chi connectivity index (χ0v) is 17.6. The number of carbonyl (C=O) groups is 1. The zero-order chi connectivity index (χ0) is 20.6. The molecular formula is C20H27N5O3S. The minimum Gasteiger partial charge on any atom is -0.368 e. The van der Waals surface area contributed by atoms with Gasteiger partial charge in [-0.25, -0.2) is 8.42 Å². The second kappa shape index (κ2) is 7.79. The van der Waals surface area contributed by atoms with Gasteiger partial charge >= 0.3 is 0 Å². The number of piperidine rings is 1. The van der Waals surface area contributed by atoms with Crippen LogP contribution in [0.4, 0.5) is 5.69 Å². The van der Waals surface area contributed by atoms with Crippen LogP contribution in [0.1, 0.15) is 30.7 Å². The molecule has 1 aromatic carbocycles. The minimum atomic E-state index is -3.51. The molecule has 0 spiro atoms. The zero-order valence-electron chi connectivity index (χ0n) is 16.8. The molecule has 1 unspecified atom stereocenters. The lowest BCUT2D eigenvalue weighted by Crippen LogP contribution is -2.52. The molecule has 8 nitrogen and oxygen atoms in total. The van der Waals surface area contributed by atoms with E-state index in [2.05, 4.69) is 15.1 Å². The summed E-state index contributed by atoms with van der Waals surface area (Å²) in [6, 6.07) is 8.94. The molecule has 156 valence electrons. The lowest BCUT2D eigenvalue weighted by Gasteiger charge is -2.39. The number of benzene rings is 1. The number of aryl methyl sites for hydroxylation is 3. The van der Waals surface area contributed by atoms with Crippen molar-refractivity contribution in [3.05, 3.63) is 41.7 Å². The lowest BCUT2D eigenvalue weighted by atomic mass is 9.93. The second-order valence-electron chi connectivity index (χ2n) is 7.86. The molecule has 1 fully saturated rings. The summed E-state index contributed by atoms with van der Waals surface area (Å²) < 4.78 is 29.7. The molecule has 1 atom stereocenters. The Kier molecular flexibility index (Phi) is 5.35. The van der Waals surface area contributed by atoms with Crippen molar-refractivity contribution in [3.8, 4) is 0 Å². The van der Waals surface area contributed by atoms with Gasteiger partial charge in [0.15, 0.2) is 0 Å². The number of likely N-dealkylation sites (tertiary alicyclic amines) is 1. The van der Waals surface area contributed by atoms with Gasteiger partial charge in [-0.3, -0.25) is 9.48 Å². The van der Waals surface area contributed by atoms with Crippen LogP contribution in [0.5, 0.6) is 0 Å². The van der Waals surface area contributed by atoms with Crippen LogP contribution in [0.15, 0.2) is 35.2 Å². The second-order valence-corrected chi connectivity index (χ2v) is 9.54. The molecule has 0 aliphatic carbocycles. The third kappa shape index (κ3) is 4.16. The van der Waals surface area contributed by atoms with Gasteiger partial charge in [-0.05, 0) is 50.8 Å². The van der Waals surface area contributed by atoms with Crippen molar-refractivity contribution < 1.29 is 13.2 Å². The molecule has 2 N–H and O–H groups in total. The normalized spacial score (nSPS) is 21.4. The van der Waals surface area contributed by atoms with E-state index in [1.54, 1.807) is 18.2 Å². The number of para-hydroxylation sites is 1. The molecule has 1 amide bonds. The summed E-state index contributed by atoms with van der Waals surface area (Å²) in [7, 11) is -3.51. The predicted molar refractivity (Wildman–Crippen MR) is 110 cm³/mol. The Labute approximate surface area is 171 Å². The van der Waals surface area contributed by atoms with Crippen molar-refractivity contribution in [2.75, 3.05) is 18.4 Å². The number of anilines is 1. The number of nitrogens with one attached hydrogen (secondary N) is 2. The Balaban J connectivity index is 1.33. The number of hydrogen-bond acceptors (Lipinski definition) is 5. The van der Waals surface area contributed by atoms with Crippen molar-refractivity contribution in [3.63, 3.8) is 0 Å². The maximum Gasteiger partial charge on any atom is 0.244 e. The number of aromatic nitrogens is 2. The third-order valence-electron chi connectivity index (χ3n) is 5.77. The Morgan fingerprint density at radius 1 is 1.21 bits per heavy atom. The highest BCUT2D eigenvalue weighted by atomic mass is 32.2. The first-order valence-corrected chi connectivity index (χ1v) is 11.5. The maximum atomic E-state index is 12.6. The Bertz CT molecular complexity index is 1010. The molecule has 2 aromatic rings. The van der Waals surface area contributed by atoms with Gasteiger partial charge in [0.25, 0.3) is 0 Å². The minimum absolute atomic E-state index is 0.124. The number of carbonyl (C=O) groups excluding carboxylic acids is 1. The van der Waals surface area contributed by atoms with Crippen molar-refractivity contribution in [2.45, 2.75) is 50.7 Å². The van der Waals surface area contributed by atoms with E-state index in [4.69, 9.17) is 0 Å². The largest absolute Gasteiger partial charge is 0.368 e. The number of sulfonamides is 1. The standard InChI is InChI=1S/C20H27N5O3S/c1-14-13-15(2)25(22-14)12-9-19(26)24-10-7-16(8-11-24)20-21-17-5-3-4-6-18(17)29(27,28)23-20/h3-6,13,16,20-21,23H,7-12H2,1-2H3. The molecule has 0 radical (unpaired) electrons. The highest BCUT2D eigenvalue weighted by Gasteiger charge is 2.35. The predicted octanol–water partition coefficient (Wildman–Crippen LogP) is 1.86. The summed E-state index contributed by atoms with van der Waals surface area (Å²) in [5, 5.41) is 7.72. The first-order chi connectivity index (χ1) is 13.8. The molecule has 2 aliphatic heterocycles. The van der Waals surface area contributed by atoms with E-state index in [-0.39, 0.29) is 22.9 Å². The molecule has 0 saturated carbocycles. The van der Waals surface area contributed by atoms with Crippen LogP contribution in [0.2, 0.25) is 0 Å². The molecule has 0 bridgehead atoms. The van der Waals surface area contributed by atoms with Gasteiger partial charge in [0.05, 0.1) is 17.5 Å². The van der Waals surface area contributed by atoms with E-state index in [1.165, 1.54) is 0 Å². The summed E-state index contributed by atoms with van der Waals surface area (Å²) in [5.41, 5.74) is 2.66. The summed E-state index contributed by atoms with van der Waals surface area (Å²) in [5.74, 6) is 0.261. The number of hydrogen-bond donors (Lipinski definition) is 2. The molecule has 9 heteroatoms. The van der Waals surface area contributed by atoms with Crippen molar-refractivity contribution in [2.24, 2.45) is 5.92 Å². The molecule has 1 aromatic heterocycles. The van der Waals surface area contributed by atoms with Crippen LogP contribution in [0.25, 0.3) is 0 Å². The van der Waals surface area contributed by atoms with E-state index in [0.717, 1.165) is 24.2 Å². The van der Waals surface area contributed by atoms with E-state index in [1.807, 2.05) is 35.6 Å². The van der Waals surface area contributed by atoms with Gasteiger partial charge in [-0.1, -0.05) is 12.1 Å². The fourth-order valence-electron chi connectivity index (χ4n) is 4.21. The van der Waals surface area contributed by atoms with E-state index >= 15 is 0 Å². The van der Waals surface area contributed by atoms with Crippen molar-refractivity contribution >= 4 is 21.6 Å². The monoisotopic (exact) mass is 417 g/mol. The fourth-order valence-corrected chi connectivity index (χ4v) is 5.59. The Hall–Kier alpha value is -2.39. The number of amides is 1. The van der Waals surface area contributed by atoms with Crippen molar-refractivity contribution in [1.29, 1.82) is 0 Å². The summed E-state index contributed by atoms with van der Waals surface area (Å²) in [6.45, 7) is 5.80. The van der Waals surface area contributed by atoms with Crippen LogP contribution >= 0.6 is 0 Å². The number of rotatable bonds is 4. The van der Waals surface area contributed by atoms with Crippen LogP contribution < -0.4 is 10.0 Å². The SMILES string of the molecule is Cc1cc(C)n(CCC(=O)N2CCC(C3Nc4ccccc4S(=O)(=O)N3)CC2)n1. The van der Waals surface area contributed by atoms with E-state index in [0.29, 0.717) is 31.7 Å². The first kappa shape index (κ1) is 19.9. The topological polar surface area (TPSA) is 96.3 Å². The Morgan fingerprint density at radius 2 is 1.93 bits per heavy atom. The van der Waals surface area contributed by atoms with Gasteiger partial charge in [-0.15, -0.1) is 0 Å². The van der Waals surface area contributed by atoms with Gasteiger partial charge < -0.3 is 10.2 Å². The van der Waals surface area contributed by atoms with E-state index < -0.39 is 10.0 Å². The van der Waals surface area contributed by atoms with Crippen LogP contribution in [-0.4, -0.2) is 48.3 Å². The number of fused-ring (bicyclic) bond motifs is 1. The molecule has 2 aliphatic rings. The smallest absolute Gasteiger partial charge is 0.244 e. The van der Waals surface area contributed by atoms with Crippen LogP contribution in [0, 0.1) is 19.8 Å². The highest BCUT2D eigenvalue weighted by Crippen LogP contribution is 2.30. The van der Waals surface area contributed by atoms with Crippen LogP contribution in [0.3, 0.4) is 0 Å². The van der Waals surface area contributed by atoms with Crippen LogP contribution in [-0.2, 0) is 21.4 Å². The molecule has 29 heavy (non-hydrogen) atoms. The molecule has 4 rings (SSSR count). The fraction of sp³-hybridized carbons (Fsp3) is 0.500.